The highest BCUT2D eigenvalue weighted by Crippen LogP contribution is 2.31. The molecule has 1 N–H and O–H groups in total. The second kappa shape index (κ2) is 6.94. The normalized spacial score (nSPS) is 12.7. The smallest absolute Gasteiger partial charge is 0.326 e. The first-order valence-corrected chi connectivity index (χ1v) is 8.20. The van der Waals surface area contributed by atoms with Crippen molar-refractivity contribution >= 4 is 22.8 Å². The molecular weight excluding hydrogens is 292 g/mol. The highest BCUT2D eigenvalue weighted by atomic mass is 16.4. The Balaban J connectivity index is 2.75. The molecule has 0 amide bonds. The number of carbonyl (C=O) groups is 2. The van der Waals surface area contributed by atoms with Crippen LogP contribution in [0.2, 0.25) is 0 Å². The van der Waals surface area contributed by atoms with Gasteiger partial charge in [-0.15, -0.1) is 0 Å². The zero-order valence-corrected chi connectivity index (χ0v) is 14.2. The Morgan fingerprint density at radius 1 is 1.17 bits per heavy atom. The summed E-state index contributed by atoms with van der Waals surface area (Å²) < 4.78 is 1.85. The average Bonchev–Trinajstić information content (AvgIpc) is 2.87. The highest BCUT2D eigenvalue weighted by Gasteiger charge is 2.26. The fourth-order valence-electron chi connectivity index (χ4n) is 3.07. The second-order valence-corrected chi connectivity index (χ2v) is 5.88. The maximum absolute atomic E-state index is 11.7. The number of carbonyl (C=O) groups excluding carboxylic acids is 1. The maximum atomic E-state index is 11.7. The zero-order chi connectivity index (χ0) is 17.1. The average molecular weight is 316 g/mol. The monoisotopic (exact) mass is 316 g/mol. The summed E-state index contributed by atoms with van der Waals surface area (Å²) in [6.45, 7) is 7.55. The van der Waals surface area contributed by atoms with Crippen LogP contribution >= 0.6 is 0 Å². The molecule has 0 aliphatic heterocycles. The fraction of sp³-hybridized carbons (Fsp3) is 0.500. The van der Waals surface area contributed by atoms with Crippen LogP contribution < -0.4 is 0 Å². The predicted octanol–water partition coefficient (Wildman–Crippen LogP) is 4.18. The van der Waals surface area contributed by atoms with E-state index < -0.39 is 12.0 Å². The maximum Gasteiger partial charge on any atom is 0.326 e. The first-order chi connectivity index (χ1) is 10.9. The van der Waals surface area contributed by atoms with Crippen molar-refractivity contribution in [2.45, 2.75) is 58.9 Å². The number of rotatable bonds is 7. The van der Waals surface area contributed by atoms with Crippen LogP contribution in [0.1, 0.15) is 75.1 Å². The molecule has 1 atom stereocenters. The molecule has 124 valence electrons. The standard InChI is InChI=1S/C18H24N2O3/c1-5-12(6-2)17-19-14-10-13(11(4)21)8-9-16(14)20(17)15(7-3)18(22)23/h8-10,12,15H,5-7H2,1-4H3,(H,22,23). The molecule has 0 spiro atoms. The molecule has 1 unspecified atom stereocenters. The molecular formula is C18H24N2O3. The Bertz CT molecular complexity index is 729. The zero-order valence-electron chi connectivity index (χ0n) is 14.2. The molecule has 0 radical (unpaired) electrons. The predicted molar refractivity (Wildman–Crippen MR) is 90.0 cm³/mol. The van der Waals surface area contributed by atoms with E-state index in [-0.39, 0.29) is 11.7 Å². The molecule has 0 fully saturated rings. The lowest BCUT2D eigenvalue weighted by Crippen LogP contribution is -2.21. The number of ketones is 1. The van der Waals surface area contributed by atoms with Gasteiger partial charge in [0.1, 0.15) is 11.9 Å². The van der Waals surface area contributed by atoms with E-state index in [1.807, 2.05) is 17.6 Å². The quantitative estimate of drug-likeness (QED) is 0.778. The summed E-state index contributed by atoms with van der Waals surface area (Å²) in [5.74, 6) is 0.141. The Kier molecular flexibility index (Phi) is 5.19. The van der Waals surface area contributed by atoms with E-state index in [1.165, 1.54) is 6.92 Å². The van der Waals surface area contributed by atoms with Crippen LogP contribution in [-0.4, -0.2) is 26.4 Å². The van der Waals surface area contributed by atoms with Gasteiger partial charge in [0.05, 0.1) is 11.0 Å². The molecule has 0 saturated heterocycles. The Morgan fingerprint density at radius 3 is 2.30 bits per heavy atom. The minimum atomic E-state index is -0.852. The fourth-order valence-corrected chi connectivity index (χ4v) is 3.07. The van der Waals surface area contributed by atoms with Gasteiger partial charge in [-0.1, -0.05) is 20.8 Å². The second-order valence-electron chi connectivity index (χ2n) is 5.88. The number of imidazole rings is 1. The summed E-state index contributed by atoms with van der Waals surface area (Å²) >= 11 is 0. The molecule has 0 aliphatic carbocycles. The minimum Gasteiger partial charge on any atom is -0.480 e. The molecule has 1 aromatic carbocycles. The van der Waals surface area contributed by atoms with Gasteiger partial charge in [0.25, 0.3) is 0 Å². The van der Waals surface area contributed by atoms with Gasteiger partial charge in [-0.05, 0) is 44.4 Å². The van der Waals surface area contributed by atoms with Crippen molar-refractivity contribution in [1.82, 2.24) is 9.55 Å². The van der Waals surface area contributed by atoms with Crippen LogP contribution in [0.3, 0.4) is 0 Å². The lowest BCUT2D eigenvalue weighted by molar-refractivity contribution is -0.141. The summed E-state index contributed by atoms with van der Waals surface area (Å²) in [5, 5.41) is 9.60. The first-order valence-electron chi connectivity index (χ1n) is 8.20. The van der Waals surface area contributed by atoms with Crippen molar-refractivity contribution in [2.75, 3.05) is 0 Å². The van der Waals surface area contributed by atoms with E-state index in [0.29, 0.717) is 17.5 Å². The summed E-state index contributed by atoms with van der Waals surface area (Å²) in [6, 6.07) is 4.68. The molecule has 0 bridgehead atoms. The number of fused-ring (bicyclic) bond motifs is 1. The van der Waals surface area contributed by atoms with Gasteiger partial charge in [0.2, 0.25) is 0 Å². The SMILES string of the molecule is CCC(CC)c1nc2cc(C(C)=O)ccc2n1C(CC)C(=O)O. The lowest BCUT2D eigenvalue weighted by atomic mass is 10.0. The van der Waals surface area contributed by atoms with E-state index in [4.69, 9.17) is 4.98 Å². The summed E-state index contributed by atoms with van der Waals surface area (Å²) in [7, 11) is 0. The number of aromatic nitrogens is 2. The third-order valence-corrected chi connectivity index (χ3v) is 4.46. The van der Waals surface area contributed by atoms with Crippen LogP contribution in [0.5, 0.6) is 0 Å². The van der Waals surface area contributed by atoms with Gasteiger partial charge in [-0.3, -0.25) is 4.79 Å². The van der Waals surface area contributed by atoms with Crippen LogP contribution in [0.25, 0.3) is 11.0 Å². The number of benzene rings is 1. The topological polar surface area (TPSA) is 72.2 Å². The number of carboxylic acids is 1. The van der Waals surface area contributed by atoms with Crippen LogP contribution in [0.15, 0.2) is 18.2 Å². The summed E-state index contributed by atoms with van der Waals surface area (Å²) in [5.41, 5.74) is 2.08. The largest absolute Gasteiger partial charge is 0.480 e. The Morgan fingerprint density at radius 2 is 1.83 bits per heavy atom. The molecule has 2 aromatic rings. The number of carboxylic acid groups (broad SMARTS) is 1. The number of hydrogen-bond acceptors (Lipinski definition) is 3. The van der Waals surface area contributed by atoms with Gasteiger partial charge in [-0.2, -0.15) is 0 Å². The molecule has 2 rings (SSSR count). The first kappa shape index (κ1) is 17.2. The summed E-state index contributed by atoms with van der Waals surface area (Å²) in [6.07, 6.45) is 2.29. The molecule has 5 heteroatoms. The number of aliphatic carboxylic acids is 1. The van der Waals surface area contributed by atoms with Crippen molar-refractivity contribution < 1.29 is 14.7 Å². The van der Waals surface area contributed by atoms with E-state index in [0.717, 1.165) is 24.2 Å². The Hall–Kier alpha value is -2.17. The van der Waals surface area contributed by atoms with E-state index in [1.54, 1.807) is 12.1 Å². The van der Waals surface area contributed by atoms with E-state index in [2.05, 4.69) is 13.8 Å². The lowest BCUT2D eigenvalue weighted by Gasteiger charge is -2.20. The molecule has 0 saturated carbocycles. The van der Waals surface area contributed by atoms with Crippen LogP contribution in [0.4, 0.5) is 0 Å². The van der Waals surface area contributed by atoms with Crippen molar-refractivity contribution in [1.29, 1.82) is 0 Å². The van der Waals surface area contributed by atoms with Crippen molar-refractivity contribution in [3.05, 3.63) is 29.6 Å². The number of Topliss-reactive ketones (excluding diaryl/α,β-unsaturated/α-hetero) is 1. The van der Waals surface area contributed by atoms with E-state index >= 15 is 0 Å². The number of hydrogen-bond donors (Lipinski definition) is 1. The van der Waals surface area contributed by atoms with Gasteiger partial charge in [-0.25, -0.2) is 9.78 Å². The van der Waals surface area contributed by atoms with Crippen molar-refractivity contribution in [2.24, 2.45) is 0 Å². The van der Waals surface area contributed by atoms with Gasteiger partial charge in [0, 0.05) is 11.5 Å². The third kappa shape index (κ3) is 3.14. The van der Waals surface area contributed by atoms with Gasteiger partial charge < -0.3 is 9.67 Å². The Labute approximate surface area is 136 Å². The molecule has 0 aliphatic rings. The van der Waals surface area contributed by atoms with Gasteiger partial charge in [0.15, 0.2) is 5.78 Å². The third-order valence-electron chi connectivity index (χ3n) is 4.46. The van der Waals surface area contributed by atoms with Crippen LogP contribution in [-0.2, 0) is 4.79 Å². The molecule has 1 aromatic heterocycles. The minimum absolute atomic E-state index is 0.0178. The molecule has 23 heavy (non-hydrogen) atoms. The van der Waals surface area contributed by atoms with Crippen LogP contribution in [0, 0.1) is 0 Å². The van der Waals surface area contributed by atoms with Crippen molar-refractivity contribution in [3.63, 3.8) is 0 Å². The number of nitrogens with zero attached hydrogens (tertiary/aromatic N) is 2. The van der Waals surface area contributed by atoms with Crippen molar-refractivity contribution in [3.8, 4) is 0 Å². The van der Waals surface area contributed by atoms with E-state index in [9.17, 15) is 14.7 Å². The van der Waals surface area contributed by atoms with Gasteiger partial charge >= 0.3 is 5.97 Å². The molecule has 1 heterocycles. The summed E-state index contributed by atoms with van der Waals surface area (Å²) in [4.78, 5) is 28.0. The highest BCUT2D eigenvalue weighted by molar-refractivity contribution is 5.97. The molecule has 5 nitrogen and oxygen atoms in total.